The number of hydrogen-bond donors (Lipinski definition) is 0. The number of hydrogen-bond acceptors (Lipinski definition) is 6. The van der Waals surface area contributed by atoms with Gasteiger partial charge < -0.3 is 14.4 Å². The first-order valence-electron chi connectivity index (χ1n) is 9.32. The van der Waals surface area contributed by atoms with E-state index in [2.05, 4.69) is 10.2 Å². The zero-order chi connectivity index (χ0) is 19.5. The van der Waals surface area contributed by atoms with Crippen molar-refractivity contribution in [2.45, 2.75) is 25.2 Å². The van der Waals surface area contributed by atoms with Crippen LogP contribution in [0.15, 0.2) is 70.9 Å². The van der Waals surface area contributed by atoms with Gasteiger partial charge in [-0.2, -0.15) is 10.2 Å². The Labute approximate surface area is 163 Å². The monoisotopic (exact) mass is 379 g/mol. The van der Waals surface area contributed by atoms with Crippen LogP contribution in [-0.4, -0.2) is 42.1 Å². The van der Waals surface area contributed by atoms with Crippen LogP contribution in [-0.2, 0) is 19.1 Å². The van der Waals surface area contributed by atoms with Gasteiger partial charge in [0.05, 0.1) is 24.9 Å². The molecule has 2 heterocycles. The lowest BCUT2D eigenvalue weighted by atomic mass is 9.99. The fourth-order valence-electron chi connectivity index (χ4n) is 3.71. The van der Waals surface area contributed by atoms with Gasteiger partial charge in [0.15, 0.2) is 12.1 Å². The van der Waals surface area contributed by atoms with Gasteiger partial charge in [-0.25, -0.2) is 0 Å². The van der Waals surface area contributed by atoms with Crippen LogP contribution < -0.4 is 0 Å². The second-order valence-electron chi connectivity index (χ2n) is 6.68. The molecule has 0 N–H and O–H groups in total. The Kier molecular flexibility index (Phi) is 5.16. The van der Waals surface area contributed by atoms with Crippen molar-refractivity contribution in [1.82, 2.24) is 4.90 Å². The van der Waals surface area contributed by atoms with Gasteiger partial charge >= 0.3 is 5.97 Å². The fraction of sp³-hybridized carbons (Fsp3) is 0.333. The average Bonchev–Trinajstić information content (AvgIpc) is 3.27. The SMILES string of the molecule is CCOC(=O)C1C(=O)N2[C@@H](c3ccccc3)OC[C@@H]2C1N=Nc1ccccc1. The predicted octanol–water partition coefficient (Wildman–Crippen LogP) is 3.26. The first kappa shape index (κ1) is 18.3. The number of carbonyl (C=O) groups excluding carboxylic acids is 2. The Morgan fingerprint density at radius 1 is 1.14 bits per heavy atom. The Hall–Kier alpha value is -3.06. The maximum Gasteiger partial charge on any atom is 0.320 e. The van der Waals surface area contributed by atoms with Crippen LogP contribution in [0.3, 0.4) is 0 Å². The summed E-state index contributed by atoms with van der Waals surface area (Å²) in [6, 6.07) is 17.7. The summed E-state index contributed by atoms with van der Waals surface area (Å²) in [7, 11) is 0. The Bertz CT molecular complexity index is 872. The molecule has 2 aliphatic rings. The highest BCUT2D eigenvalue weighted by molar-refractivity contribution is 6.01. The van der Waals surface area contributed by atoms with Crippen molar-refractivity contribution in [3.63, 3.8) is 0 Å². The second-order valence-corrected chi connectivity index (χ2v) is 6.68. The van der Waals surface area contributed by atoms with E-state index in [1.807, 2.05) is 60.7 Å². The van der Waals surface area contributed by atoms with E-state index >= 15 is 0 Å². The van der Waals surface area contributed by atoms with Crippen LogP contribution in [0, 0.1) is 5.92 Å². The van der Waals surface area contributed by atoms with Crippen molar-refractivity contribution < 1.29 is 19.1 Å². The third-order valence-electron chi connectivity index (χ3n) is 4.98. The van der Waals surface area contributed by atoms with Gasteiger partial charge in [0, 0.05) is 5.56 Å². The number of nitrogens with zero attached hydrogens (tertiary/aromatic N) is 3. The predicted molar refractivity (Wildman–Crippen MR) is 101 cm³/mol. The summed E-state index contributed by atoms with van der Waals surface area (Å²) in [5, 5.41) is 8.64. The molecule has 0 bridgehead atoms. The number of ether oxygens (including phenoxy) is 2. The van der Waals surface area contributed by atoms with Gasteiger partial charge in [0.2, 0.25) is 5.91 Å². The summed E-state index contributed by atoms with van der Waals surface area (Å²) in [5.41, 5.74) is 1.52. The standard InChI is InChI=1S/C21H21N3O4/c1-2-27-21(26)17-18(23-22-15-11-7-4-8-12-15)16-13-28-20(24(16)19(17)25)14-9-5-3-6-10-14/h3-12,16-18,20H,2,13H2,1H3/t16-,17?,18?,20-/m1/s1. The van der Waals surface area contributed by atoms with Gasteiger partial charge in [-0.3, -0.25) is 9.59 Å². The lowest BCUT2D eigenvalue weighted by Crippen LogP contribution is -2.34. The number of amides is 1. The zero-order valence-electron chi connectivity index (χ0n) is 15.5. The third-order valence-corrected chi connectivity index (χ3v) is 4.98. The van der Waals surface area contributed by atoms with Crippen molar-refractivity contribution in [3.8, 4) is 0 Å². The first-order chi connectivity index (χ1) is 13.7. The molecule has 2 unspecified atom stereocenters. The molecule has 28 heavy (non-hydrogen) atoms. The highest BCUT2D eigenvalue weighted by atomic mass is 16.5. The molecule has 0 aliphatic carbocycles. The molecule has 2 aromatic carbocycles. The van der Waals surface area contributed by atoms with Gasteiger partial charge in [0.1, 0.15) is 6.04 Å². The summed E-state index contributed by atoms with van der Waals surface area (Å²) in [4.78, 5) is 27.3. The molecule has 1 amide bonds. The van der Waals surface area contributed by atoms with E-state index in [1.54, 1.807) is 11.8 Å². The Morgan fingerprint density at radius 2 is 1.82 bits per heavy atom. The highest BCUT2D eigenvalue weighted by Gasteiger charge is 2.58. The van der Waals surface area contributed by atoms with E-state index in [1.165, 1.54) is 0 Å². The average molecular weight is 379 g/mol. The Morgan fingerprint density at radius 3 is 2.50 bits per heavy atom. The highest BCUT2D eigenvalue weighted by Crippen LogP contribution is 2.42. The Balaban J connectivity index is 1.66. The molecule has 7 nitrogen and oxygen atoms in total. The van der Waals surface area contributed by atoms with Crippen LogP contribution >= 0.6 is 0 Å². The van der Waals surface area contributed by atoms with Crippen LogP contribution in [0.4, 0.5) is 5.69 Å². The van der Waals surface area contributed by atoms with E-state index in [-0.39, 0.29) is 18.6 Å². The molecule has 0 saturated carbocycles. The summed E-state index contributed by atoms with van der Waals surface area (Å²) in [6.45, 7) is 2.21. The number of azo groups is 1. The van der Waals surface area contributed by atoms with E-state index < -0.39 is 24.2 Å². The summed E-state index contributed by atoms with van der Waals surface area (Å²) >= 11 is 0. The minimum absolute atomic E-state index is 0.203. The normalized spacial score (nSPS) is 26.6. The number of carbonyl (C=O) groups is 2. The molecule has 2 saturated heterocycles. The number of fused-ring (bicyclic) bond motifs is 1. The maximum absolute atomic E-state index is 13.2. The quantitative estimate of drug-likeness (QED) is 0.454. The molecule has 0 aromatic heterocycles. The summed E-state index contributed by atoms with van der Waals surface area (Å²) in [5.74, 6) is -1.90. The van der Waals surface area contributed by atoms with Gasteiger partial charge in [0.25, 0.3) is 0 Å². The van der Waals surface area contributed by atoms with Crippen LogP contribution in [0.5, 0.6) is 0 Å². The van der Waals surface area contributed by atoms with Gasteiger partial charge in [-0.05, 0) is 19.1 Å². The maximum atomic E-state index is 13.2. The van der Waals surface area contributed by atoms with E-state index in [0.29, 0.717) is 12.3 Å². The molecule has 2 aromatic rings. The van der Waals surface area contributed by atoms with Gasteiger partial charge in [-0.15, -0.1) is 0 Å². The van der Waals surface area contributed by atoms with Crippen molar-refractivity contribution in [2.75, 3.05) is 13.2 Å². The number of benzene rings is 2. The van der Waals surface area contributed by atoms with Crippen LogP contribution in [0.1, 0.15) is 18.7 Å². The molecule has 2 aliphatic heterocycles. The summed E-state index contributed by atoms with van der Waals surface area (Å²) < 4.78 is 11.1. The lowest BCUT2D eigenvalue weighted by Gasteiger charge is -2.22. The van der Waals surface area contributed by atoms with Crippen molar-refractivity contribution in [3.05, 3.63) is 66.2 Å². The lowest BCUT2D eigenvalue weighted by molar-refractivity contribution is -0.154. The number of rotatable bonds is 5. The molecule has 2 fully saturated rings. The van der Waals surface area contributed by atoms with E-state index in [4.69, 9.17) is 9.47 Å². The van der Waals surface area contributed by atoms with E-state index in [9.17, 15) is 9.59 Å². The van der Waals surface area contributed by atoms with Crippen LogP contribution in [0.2, 0.25) is 0 Å². The zero-order valence-corrected chi connectivity index (χ0v) is 15.5. The third kappa shape index (κ3) is 3.29. The number of esters is 1. The molecule has 0 radical (unpaired) electrons. The molecule has 144 valence electrons. The van der Waals surface area contributed by atoms with E-state index in [0.717, 1.165) is 5.56 Å². The molecular weight excluding hydrogens is 358 g/mol. The molecule has 7 heteroatoms. The van der Waals surface area contributed by atoms with Crippen molar-refractivity contribution in [1.29, 1.82) is 0 Å². The first-order valence-corrected chi connectivity index (χ1v) is 9.32. The minimum atomic E-state index is -1.01. The van der Waals surface area contributed by atoms with Gasteiger partial charge in [-0.1, -0.05) is 48.5 Å². The van der Waals surface area contributed by atoms with Crippen LogP contribution in [0.25, 0.3) is 0 Å². The minimum Gasteiger partial charge on any atom is -0.465 e. The summed E-state index contributed by atoms with van der Waals surface area (Å²) in [6.07, 6.45) is -0.535. The molecule has 4 atom stereocenters. The molecular formula is C21H21N3O4. The smallest absolute Gasteiger partial charge is 0.320 e. The fourth-order valence-corrected chi connectivity index (χ4v) is 3.71. The molecule has 0 spiro atoms. The second kappa shape index (κ2) is 7.90. The molecule has 4 rings (SSSR count). The van der Waals surface area contributed by atoms with Crippen molar-refractivity contribution >= 4 is 17.6 Å². The van der Waals surface area contributed by atoms with Crippen molar-refractivity contribution in [2.24, 2.45) is 16.1 Å². The largest absolute Gasteiger partial charge is 0.465 e. The topological polar surface area (TPSA) is 80.6 Å².